The number of carbonyl (C=O) groups excluding carboxylic acids is 2. The summed E-state index contributed by atoms with van der Waals surface area (Å²) in [5.41, 5.74) is 9.15. The highest BCUT2D eigenvalue weighted by Gasteiger charge is 2.24. The van der Waals surface area contributed by atoms with E-state index in [2.05, 4.69) is 20.3 Å². The van der Waals surface area contributed by atoms with Crippen LogP contribution < -0.4 is 16.0 Å². The van der Waals surface area contributed by atoms with Crippen LogP contribution in [0, 0.1) is 13.8 Å². The van der Waals surface area contributed by atoms with E-state index < -0.39 is 11.9 Å². The lowest BCUT2D eigenvalue weighted by atomic mass is 10.0. The van der Waals surface area contributed by atoms with Crippen LogP contribution in [0.1, 0.15) is 87.0 Å². The molecule has 10 nitrogen and oxygen atoms in total. The van der Waals surface area contributed by atoms with Crippen LogP contribution in [0.25, 0.3) is 18.2 Å². The monoisotopic (exact) mass is 586 g/mol. The first-order valence-corrected chi connectivity index (χ1v) is 14.5. The molecule has 0 unspecified atom stereocenters. The van der Waals surface area contributed by atoms with E-state index >= 15 is 0 Å². The second-order valence-corrected chi connectivity index (χ2v) is 10.9. The zero-order chi connectivity index (χ0) is 31.6. The van der Waals surface area contributed by atoms with Crippen LogP contribution in [0.15, 0.2) is 33.0 Å². The Kier molecular flexibility index (Phi) is 9.18. The van der Waals surface area contributed by atoms with Crippen LogP contribution >= 0.6 is 0 Å². The molecule has 226 valence electrons. The Balaban J connectivity index is 1.91. The molecule has 2 aromatic heterocycles. The smallest absolute Gasteiger partial charge is 0.303 e. The molecule has 2 aliphatic rings. The van der Waals surface area contributed by atoms with Crippen LogP contribution in [0.2, 0.25) is 0 Å². The van der Waals surface area contributed by atoms with Gasteiger partial charge < -0.3 is 25.5 Å². The van der Waals surface area contributed by atoms with Crippen molar-refractivity contribution in [2.24, 2.45) is 4.99 Å². The van der Waals surface area contributed by atoms with Gasteiger partial charge in [-0.15, -0.1) is 0 Å². The summed E-state index contributed by atoms with van der Waals surface area (Å²) in [6.07, 6.45) is 7.25. The Morgan fingerprint density at radius 2 is 1.37 bits per heavy atom. The molecule has 0 aliphatic carbocycles. The standard InChI is InChI=1S/C33H38N4O6/c1-7-20-19(6)32(42)37-27(20)14-25-18(5)23(10-12-31(40)41)29(35-25)15-28-22(9-11-30(38)39)17(4)24(34-28)13-26-16(3)21(8-2)33(43)36-26/h13-15,34-35H,7-12H2,1-6H3,(H,37,42)(H,38,39)(H,40,41)/b24-13?,27-14+,28-15+. The first-order valence-electron chi connectivity index (χ1n) is 14.5. The molecule has 0 saturated heterocycles. The topological polar surface area (TPSA) is 165 Å². The van der Waals surface area contributed by atoms with Gasteiger partial charge in [0.05, 0.1) is 5.71 Å². The zero-order valence-electron chi connectivity index (χ0n) is 25.4. The molecule has 0 saturated carbocycles. The number of amides is 2. The molecule has 2 aromatic rings. The minimum absolute atomic E-state index is 0.0701. The number of aromatic nitrogens is 2. The van der Waals surface area contributed by atoms with Gasteiger partial charge in [-0.05, 0) is 105 Å². The third-order valence-corrected chi connectivity index (χ3v) is 8.33. The van der Waals surface area contributed by atoms with Crippen molar-refractivity contribution in [1.29, 1.82) is 0 Å². The van der Waals surface area contributed by atoms with E-state index in [1.807, 2.05) is 52.8 Å². The third-order valence-electron chi connectivity index (χ3n) is 8.33. The summed E-state index contributed by atoms with van der Waals surface area (Å²) >= 11 is 0. The fourth-order valence-corrected chi connectivity index (χ4v) is 5.77. The van der Waals surface area contributed by atoms with Gasteiger partial charge in [0.15, 0.2) is 0 Å². The highest BCUT2D eigenvalue weighted by Crippen LogP contribution is 2.28. The van der Waals surface area contributed by atoms with E-state index in [0.717, 1.165) is 44.4 Å². The van der Waals surface area contributed by atoms with Crippen molar-refractivity contribution < 1.29 is 29.4 Å². The molecular weight excluding hydrogens is 548 g/mol. The Morgan fingerprint density at radius 3 is 1.95 bits per heavy atom. The normalized spacial score (nSPS) is 17.2. The van der Waals surface area contributed by atoms with Crippen molar-refractivity contribution in [2.45, 2.75) is 80.1 Å². The molecule has 43 heavy (non-hydrogen) atoms. The van der Waals surface area contributed by atoms with Crippen molar-refractivity contribution >= 4 is 47.7 Å². The molecule has 0 radical (unpaired) electrons. The average Bonchev–Trinajstić information content (AvgIpc) is 3.59. The minimum atomic E-state index is -0.922. The summed E-state index contributed by atoms with van der Waals surface area (Å²) in [5, 5.41) is 23.2. The van der Waals surface area contributed by atoms with Crippen molar-refractivity contribution in [3.8, 4) is 0 Å². The van der Waals surface area contributed by atoms with Crippen molar-refractivity contribution in [3.63, 3.8) is 0 Å². The van der Waals surface area contributed by atoms with E-state index in [9.17, 15) is 29.4 Å². The summed E-state index contributed by atoms with van der Waals surface area (Å²) in [6, 6.07) is 0. The molecule has 10 heteroatoms. The first-order chi connectivity index (χ1) is 20.4. The number of aromatic amines is 2. The molecule has 2 amide bonds. The highest BCUT2D eigenvalue weighted by molar-refractivity contribution is 6.30. The van der Waals surface area contributed by atoms with Gasteiger partial charge in [0, 0.05) is 51.8 Å². The molecule has 0 spiro atoms. The number of H-pyrrole nitrogens is 2. The van der Waals surface area contributed by atoms with Gasteiger partial charge in [0.1, 0.15) is 0 Å². The molecule has 4 heterocycles. The number of nitrogens with zero attached hydrogens (tertiary/aromatic N) is 1. The lowest BCUT2D eigenvalue weighted by Gasteiger charge is -2.04. The number of aliphatic imine (C=N–C) groups is 1. The Morgan fingerprint density at radius 1 is 0.744 bits per heavy atom. The maximum atomic E-state index is 12.3. The van der Waals surface area contributed by atoms with Gasteiger partial charge in [0.25, 0.3) is 11.8 Å². The summed E-state index contributed by atoms with van der Waals surface area (Å²) in [4.78, 5) is 58.7. The first kappa shape index (κ1) is 31.2. The summed E-state index contributed by atoms with van der Waals surface area (Å²) < 4.78 is 0. The number of carboxylic acid groups (broad SMARTS) is 2. The van der Waals surface area contributed by atoms with E-state index in [0.29, 0.717) is 46.4 Å². The summed E-state index contributed by atoms with van der Waals surface area (Å²) in [5.74, 6) is -2.22. The van der Waals surface area contributed by atoms with E-state index in [1.165, 1.54) is 0 Å². The Hall–Kier alpha value is -4.73. The van der Waals surface area contributed by atoms with Gasteiger partial charge in [-0.3, -0.25) is 19.2 Å². The van der Waals surface area contributed by atoms with Gasteiger partial charge in [0.2, 0.25) is 0 Å². The van der Waals surface area contributed by atoms with E-state index in [4.69, 9.17) is 0 Å². The van der Waals surface area contributed by atoms with Crippen molar-refractivity contribution in [1.82, 2.24) is 15.3 Å². The lowest BCUT2D eigenvalue weighted by Crippen LogP contribution is -2.15. The van der Waals surface area contributed by atoms with E-state index in [-0.39, 0.29) is 37.5 Å². The fourth-order valence-electron chi connectivity index (χ4n) is 5.77. The largest absolute Gasteiger partial charge is 0.481 e. The molecule has 0 aromatic carbocycles. The van der Waals surface area contributed by atoms with Crippen LogP contribution in [-0.4, -0.2) is 49.6 Å². The van der Waals surface area contributed by atoms with Gasteiger partial charge in [-0.25, -0.2) is 4.99 Å². The van der Waals surface area contributed by atoms with Crippen LogP contribution in [0.3, 0.4) is 0 Å². The summed E-state index contributed by atoms with van der Waals surface area (Å²) in [7, 11) is 0. The average molecular weight is 587 g/mol. The van der Waals surface area contributed by atoms with Gasteiger partial charge >= 0.3 is 11.9 Å². The quantitative estimate of drug-likeness (QED) is 0.270. The maximum Gasteiger partial charge on any atom is 0.303 e. The van der Waals surface area contributed by atoms with Crippen LogP contribution in [-0.2, 0) is 32.0 Å². The molecule has 5 N–H and O–H groups in total. The second-order valence-electron chi connectivity index (χ2n) is 10.9. The van der Waals surface area contributed by atoms with Crippen LogP contribution in [0.4, 0.5) is 0 Å². The van der Waals surface area contributed by atoms with Crippen LogP contribution in [0.5, 0.6) is 0 Å². The van der Waals surface area contributed by atoms with Gasteiger partial charge in [-0.2, -0.15) is 0 Å². The third kappa shape index (κ3) is 6.38. The molecule has 0 fully saturated rings. The molecule has 4 rings (SSSR count). The predicted molar refractivity (Wildman–Crippen MR) is 165 cm³/mol. The lowest BCUT2D eigenvalue weighted by molar-refractivity contribution is -0.138. The number of carboxylic acids is 2. The molecule has 0 bridgehead atoms. The number of hydrogen-bond acceptors (Lipinski definition) is 4. The number of nitrogens with one attached hydrogen (secondary N) is 3. The number of carbonyl (C=O) groups is 4. The second kappa shape index (κ2) is 12.6. The number of rotatable bonds is 11. The van der Waals surface area contributed by atoms with Crippen molar-refractivity contribution in [3.05, 3.63) is 72.3 Å². The van der Waals surface area contributed by atoms with Crippen molar-refractivity contribution in [2.75, 3.05) is 0 Å². The minimum Gasteiger partial charge on any atom is -0.481 e. The molecular formula is C33H38N4O6. The Bertz CT molecular complexity index is 1790. The number of hydrogen-bond donors (Lipinski definition) is 5. The highest BCUT2D eigenvalue weighted by atomic mass is 16.4. The Labute approximate surface area is 249 Å². The predicted octanol–water partition coefficient (Wildman–Crippen LogP) is 3.51. The van der Waals surface area contributed by atoms with E-state index in [1.54, 1.807) is 6.92 Å². The molecule has 2 aliphatic heterocycles. The SMILES string of the molecule is CCC1=C(C)C(C=c2[nH]/c(=C/c3[nH]c(/C=C4/NC(=O)C(C)=C4CC)c(C)c3CCC(=O)O)c(CCC(=O)O)c2C)=NC1=O. The maximum absolute atomic E-state index is 12.3. The number of aliphatic carboxylic acids is 2. The fraction of sp³-hybridized carbons (Fsp3) is 0.364. The summed E-state index contributed by atoms with van der Waals surface area (Å²) in [6.45, 7) is 11.4. The van der Waals surface area contributed by atoms with Gasteiger partial charge in [-0.1, -0.05) is 13.8 Å². The zero-order valence-corrected chi connectivity index (χ0v) is 25.4. The molecule has 0 atom stereocenters. The number of allylic oxidation sites excluding steroid dienone is 2.